The molecular weight excluding hydrogens is 278 g/mol. The molecule has 0 unspecified atom stereocenters. The van der Waals surface area contributed by atoms with Crippen molar-refractivity contribution in [2.75, 3.05) is 0 Å². The smallest absolute Gasteiger partial charge is 0.335 e. The van der Waals surface area contributed by atoms with Gasteiger partial charge >= 0.3 is 5.97 Å². The fourth-order valence-electron chi connectivity index (χ4n) is 1.99. The van der Waals surface area contributed by atoms with Gasteiger partial charge in [0.2, 0.25) is 0 Å². The van der Waals surface area contributed by atoms with Crippen LogP contribution in [0.25, 0.3) is 10.9 Å². The van der Waals surface area contributed by atoms with Gasteiger partial charge in [-0.05, 0) is 30.3 Å². The Labute approximate surface area is 119 Å². The number of carboxylic acids is 1. The standard InChI is InChI=1S/C14H10ClN3O2/c15-11-1-2-13-10(5-11)7-18(17-13)8-12-6-9(14(19)20)3-4-16-12/h1-7H,8H2,(H,19,20). The Balaban J connectivity index is 1.92. The third-order valence-corrected chi connectivity index (χ3v) is 3.14. The Bertz CT molecular complexity index is 798. The van der Waals surface area contributed by atoms with Crippen molar-refractivity contribution < 1.29 is 9.90 Å². The molecule has 0 aliphatic rings. The summed E-state index contributed by atoms with van der Waals surface area (Å²) in [6.45, 7) is 0.410. The van der Waals surface area contributed by atoms with Gasteiger partial charge in [0.15, 0.2) is 0 Å². The predicted octanol–water partition coefficient (Wildman–Crippen LogP) is 2.83. The van der Waals surface area contributed by atoms with Crippen LogP contribution in [0, 0.1) is 0 Å². The normalized spacial score (nSPS) is 10.8. The molecule has 0 saturated heterocycles. The molecule has 1 N–H and O–H groups in total. The van der Waals surface area contributed by atoms with Gasteiger partial charge in [-0.1, -0.05) is 11.6 Å². The average Bonchev–Trinajstić information content (AvgIpc) is 2.80. The molecule has 3 aromatic rings. The number of benzene rings is 1. The molecule has 2 heterocycles. The number of hydrogen-bond donors (Lipinski definition) is 1. The molecule has 2 aromatic heterocycles. The highest BCUT2D eigenvalue weighted by Crippen LogP contribution is 2.18. The Morgan fingerprint density at radius 3 is 2.95 bits per heavy atom. The maximum Gasteiger partial charge on any atom is 0.335 e. The van der Waals surface area contributed by atoms with E-state index in [9.17, 15) is 4.79 Å². The van der Waals surface area contributed by atoms with Crippen molar-refractivity contribution in [2.24, 2.45) is 0 Å². The number of pyridine rings is 1. The number of hydrogen-bond acceptors (Lipinski definition) is 3. The van der Waals surface area contributed by atoms with E-state index in [1.807, 2.05) is 18.3 Å². The predicted molar refractivity (Wildman–Crippen MR) is 75.0 cm³/mol. The number of aromatic nitrogens is 3. The summed E-state index contributed by atoms with van der Waals surface area (Å²) in [5.74, 6) is -0.967. The van der Waals surface area contributed by atoms with E-state index in [-0.39, 0.29) is 5.56 Å². The fraction of sp³-hybridized carbons (Fsp3) is 0.0714. The van der Waals surface area contributed by atoms with E-state index in [1.165, 1.54) is 12.3 Å². The minimum Gasteiger partial charge on any atom is -0.478 e. The molecule has 3 rings (SSSR count). The van der Waals surface area contributed by atoms with E-state index in [4.69, 9.17) is 16.7 Å². The summed E-state index contributed by atoms with van der Waals surface area (Å²) in [6.07, 6.45) is 3.34. The molecule has 1 aromatic carbocycles. The lowest BCUT2D eigenvalue weighted by atomic mass is 10.2. The Hall–Kier alpha value is -2.40. The highest BCUT2D eigenvalue weighted by atomic mass is 35.5. The summed E-state index contributed by atoms with van der Waals surface area (Å²) < 4.78 is 1.72. The third kappa shape index (κ3) is 2.48. The second-order valence-electron chi connectivity index (χ2n) is 4.37. The molecule has 0 fully saturated rings. The lowest BCUT2D eigenvalue weighted by molar-refractivity contribution is 0.0696. The molecule has 0 aliphatic heterocycles. The monoisotopic (exact) mass is 287 g/mol. The van der Waals surface area contributed by atoms with E-state index in [2.05, 4.69) is 10.1 Å². The number of carbonyl (C=O) groups is 1. The van der Waals surface area contributed by atoms with Crippen LogP contribution in [-0.2, 0) is 6.54 Å². The number of fused-ring (bicyclic) bond motifs is 1. The highest BCUT2D eigenvalue weighted by Gasteiger charge is 2.06. The second kappa shape index (κ2) is 4.94. The van der Waals surface area contributed by atoms with Crippen LogP contribution in [0.5, 0.6) is 0 Å². The van der Waals surface area contributed by atoms with E-state index in [1.54, 1.807) is 16.8 Å². The zero-order chi connectivity index (χ0) is 14.1. The topological polar surface area (TPSA) is 68.0 Å². The van der Waals surface area contributed by atoms with Gasteiger partial charge < -0.3 is 5.11 Å². The first-order valence-corrected chi connectivity index (χ1v) is 6.30. The molecule has 20 heavy (non-hydrogen) atoms. The third-order valence-electron chi connectivity index (χ3n) is 2.90. The number of carboxylic acid groups (broad SMARTS) is 1. The molecule has 0 saturated carbocycles. The van der Waals surface area contributed by atoms with E-state index >= 15 is 0 Å². The lowest BCUT2D eigenvalue weighted by Crippen LogP contribution is -2.04. The average molecular weight is 288 g/mol. The van der Waals surface area contributed by atoms with Crippen LogP contribution >= 0.6 is 11.6 Å². The van der Waals surface area contributed by atoms with Crippen LogP contribution < -0.4 is 0 Å². The Kier molecular flexibility index (Phi) is 3.12. The van der Waals surface area contributed by atoms with E-state index in [0.29, 0.717) is 17.3 Å². The van der Waals surface area contributed by atoms with Crippen LogP contribution in [0.2, 0.25) is 5.02 Å². The van der Waals surface area contributed by atoms with Gasteiger partial charge in [-0.15, -0.1) is 0 Å². The molecule has 0 radical (unpaired) electrons. The number of halogens is 1. The van der Waals surface area contributed by atoms with Crippen LogP contribution in [0.1, 0.15) is 16.1 Å². The fourth-order valence-corrected chi connectivity index (χ4v) is 2.17. The van der Waals surface area contributed by atoms with Gasteiger partial charge in [0.05, 0.1) is 23.3 Å². The lowest BCUT2D eigenvalue weighted by Gasteiger charge is -2.01. The summed E-state index contributed by atoms with van der Waals surface area (Å²) in [7, 11) is 0. The van der Waals surface area contributed by atoms with E-state index < -0.39 is 5.97 Å². The number of aromatic carboxylic acids is 1. The summed E-state index contributed by atoms with van der Waals surface area (Å²) in [4.78, 5) is 15.1. The Morgan fingerprint density at radius 2 is 2.15 bits per heavy atom. The van der Waals surface area contributed by atoms with Crippen LogP contribution in [0.4, 0.5) is 0 Å². The quantitative estimate of drug-likeness (QED) is 0.804. The Morgan fingerprint density at radius 1 is 1.30 bits per heavy atom. The molecule has 0 aliphatic carbocycles. The molecule has 5 nitrogen and oxygen atoms in total. The number of rotatable bonds is 3. The van der Waals surface area contributed by atoms with Gasteiger partial charge in [-0.25, -0.2) is 4.79 Å². The minimum absolute atomic E-state index is 0.217. The molecule has 0 amide bonds. The van der Waals surface area contributed by atoms with Crippen LogP contribution in [0.3, 0.4) is 0 Å². The van der Waals surface area contributed by atoms with Gasteiger partial charge in [0.25, 0.3) is 0 Å². The van der Waals surface area contributed by atoms with Crippen molar-refractivity contribution in [2.45, 2.75) is 6.54 Å². The maximum absolute atomic E-state index is 10.9. The zero-order valence-electron chi connectivity index (χ0n) is 10.3. The summed E-state index contributed by atoms with van der Waals surface area (Å²) in [6, 6.07) is 8.47. The molecule has 0 atom stereocenters. The minimum atomic E-state index is -0.967. The van der Waals surface area contributed by atoms with Crippen molar-refractivity contribution in [3.8, 4) is 0 Å². The molecule has 0 bridgehead atoms. The van der Waals surface area contributed by atoms with E-state index in [0.717, 1.165) is 10.9 Å². The van der Waals surface area contributed by atoms with Gasteiger partial charge in [-0.2, -0.15) is 5.10 Å². The second-order valence-corrected chi connectivity index (χ2v) is 4.81. The van der Waals surface area contributed by atoms with Gasteiger partial charge in [0.1, 0.15) is 0 Å². The molecule has 6 heteroatoms. The van der Waals surface area contributed by atoms with Crippen molar-refractivity contribution in [3.05, 3.63) is 59.0 Å². The van der Waals surface area contributed by atoms with Crippen LogP contribution in [-0.4, -0.2) is 25.8 Å². The summed E-state index contributed by atoms with van der Waals surface area (Å²) >= 11 is 5.93. The first-order valence-electron chi connectivity index (χ1n) is 5.93. The van der Waals surface area contributed by atoms with Crippen molar-refractivity contribution >= 4 is 28.5 Å². The van der Waals surface area contributed by atoms with Crippen molar-refractivity contribution in [3.63, 3.8) is 0 Å². The molecule has 0 spiro atoms. The summed E-state index contributed by atoms with van der Waals surface area (Å²) in [5, 5.41) is 14.9. The van der Waals surface area contributed by atoms with Gasteiger partial charge in [-0.3, -0.25) is 9.67 Å². The SMILES string of the molecule is O=C(O)c1ccnc(Cn2cc3cc(Cl)ccc3n2)c1. The van der Waals surface area contributed by atoms with Gasteiger partial charge in [0, 0.05) is 22.8 Å². The largest absolute Gasteiger partial charge is 0.478 e. The zero-order valence-corrected chi connectivity index (χ0v) is 11.1. The van der Waals surface area contributed by atoms with Crippen LogP contribution in [0.15, 0.2) is 42.7 Å². The highest BCUT2D eigenvalue weighted by molar-refractivity contribution is 6.31. The van der Waals surface area contributed by atoms with Crippen molar-refractivity contribution in [1.29, 1.82) is 0 Å². The molecule has 100 valence electrons. The van der Waals surface area contributed by atoms with Crippen molar-refractivity contribution in [1.82, 2.24) is 14.8 Å². The molecular formula is C14H10ClN3O2. The maximum atomic E-state index is 10.9. The number of nitrogens with zero attached hydrogens (tertiary/aromatic N) is 3. The first-order chi connectivity index (χ1) is 9.61. The first kappa shape index (κ1) is 12.6. The summed E-state index contributed by atoms with van der Waals surface area (Å²) in [5.41, 5.74) is 1.70.